The van der Waals surface area contributed by atoms with E-state index in [2.05, 4.69) is 13.8 Å². The van der Waals surface area contributed by atoms with E-state index in [0.29, 0.717) is 46.1 Å². The van der Waals surface area contributed by atoms with Crippen molar-refractivity contribution in [1.29, 1.82) is 5.26 Å². The zero-order valence-electron chi connectivity index (χ0n) is 27.0. The van der Waals surface area contributed by atoms with Crippen molar-refractivity contribution in [2.75, 3.05) is 26.9 Å². The lowest BCUT2D eigenvalue weighted by atomic mass is 9.93. The molecule has 0 aromatic heterocycles. The molecule has 4 rings (SSSR count). The van der Waals surface area contributed by atoms with Crippen LogP contribution in [0.5, 0.6) is 5.75 Å². The van der Waals surface area contributed by atoms with E-state index >= 15 is 0 Å². The van der Waals surface area contributed by atoms with Crippen LogP contribution in [0.15, 0.2) is 96.6 Å². The first-order valence-corrected chi connectivity index (χ1v) is 15.8. The molecule has 0 fully saturated rings. The van der Waals surface area contributed by atoms with Crippen molar-refractivity contribution in [3.05, 3.63) is 119 Å². The average molecular weight is 634 g/mol. The summed E-state index contributed by atoms with van der Waals surface area (Å²) < 4.78 is 21.5. The van der Waals surface area contributed by atoms with Crippen molar-refractivity contribution >= 4 is 34.3 Å². The molecule has 0 N–H and O–H groups in total. The molecule has 0 saturated carbocycles. The SMILES string of the molecule is CCCCC(CC)COC(=O)c1ccc2cc(C(=O)OCCOC(=O)/C(C#N)=C(\c3ccccc3)c3ccc(OC)cc3)ccc2c1. The van der Waals surface area contributed by atoms with Crippen LogP contribution in [0.4, 0.5) is 0 Å². The van der Waals surface area contributed by atoms with Crippen molar-refractivity contribution in [3.8, 4) is 11.8 Å². The molecule has 8 nitrogen and oxygen atoms in total. The summed E-state index contributed by atoms with van der Waals surface area (Å²) in [5.74, 6) is -0.798. The van der Waals surface area contributed by atoms with Crippen LogP contribution in [0.2, 0.25) is 0 Å². The molecule has 0 spiro atoms. The van der Waals surface area contributed by atoms with Gasteiger partial charge in [0.25, 0.3) is 0 Å². The number of esters is 3. The monoisotopic (exact) mass is 633 g/mol. The summed E-state index contributed by atoms with van der Waals surface area (Å²) in [6, 6.07) is 28.3. The number of carbonyl (C=O) groups is 3. The fourth-order valence-electron chi connectivity index (χ4n) is 5.12. The van der Waals surface area contributed by atoms with Crippen LogP contribution in [-0.4, -0.2) is 44.8 Å². The van der Waals surface area contributed by atoms with E-state index < -0.39 is 11.9 Å². The molecule has 8 heteroatoms. The van der Waals surface area contributed by atoms with E-state index in [1.165, 1.54) is 0 Å². The predicted octanol–water partition coefficient (Wildman–Crippen LogP) is 7.95. The maximum Gasteiger partial charge on any atom is 0.349 e. The van der Waals surface area contributed by atoms with Gasteiger partial charge in [-0.15, -0.1) is 0 Å². The predicted molar refractivity (Wildman–Crippen MR) is 180 cm³/mol. The Hall–Kier alpha value is -5.42. The van der Waals surface area contributed by atoms with E-state index in [1.807, 2.05) is 24.3 Å². The van der Waals surface area contributed by atoms with Crippen LogP contribution in [0.25, 0.3) is 16.3 Å². The topological polar surface area (TPSA) is 112 Å². The Morgan fingerprint density at radius 1 is 0.723 bits per heavy atom. The lowest BCUT2D eigenvalue weighted by molar-refractivity contribution is -0.139. The number of nitriles is 1. The van der Waals surface area contributed by atoms with Crippen LogP contribution in [0, 0.1) is 17.2 Å². The Kier molecular flexibility index (Phi) is 12.7. The van der Waals surface area contributed by atoms with E-state index in [9.17, 15) is 19.6 Å². The number of unbranched alkanes of at least 4 members (excludes halogenated alkanes) is 1. The lowest BCUT2D eigenvalue weighted by Gasteiger charge is -2.14. The van der Waals surface area contributed by atoms with Gasteiger partial charge in [-0.05, 0) is 70.6 Å². The van der Waals surface area contributed by atoms with Crippen molar-refractivity contribution in [3.63, 3.8) is 0 Å². The van der Waals surface area contributed by atoms with Gasteiger partial charge in [-0.1, -0.05) is 87.7 Å². The molecular weight excluding hydrogens is 594 g/mol. The first-order valence-electron chi connectivity index (χ1n) is 15.8. The molecule has 0 amide bonds. The third kappa shape index (κ3) is 9.30. The minimum absolute atomic E-state index is 0.174. The molecule has 0 aliphatic rings. The van der Waals surface area contributed by atoms with Gasteiger partial charge in [0.1, 0.15) is 30.6 Å². The van der Waals surface area contributed by atoms with Gasteiger partial charge in [0, 0.05) is 5.57 Å². The minimum Gasteiger partial charge on any atom is -0.497 e. The summed E-state index contributed by atoms with van der Waals surface area (Å²) >= 11 is 0. The quantitative estimate of drug-likeness (QED) is 0.0426. The van der Waals surface area contributed by atoms with Gasteiger partial charge in [0.2, 0.25) is 0 Å². The third-order valence-electron chi connectivity index (χ3n) is 7.86. The zero-order valence-corrected chi connectivity index (χ0v) is 27.0. The molecule has 242 valence electrons. The number of methoxy groups -OCH3 is 1. The highest BCUT2D eigenvalue weighted by Crippen LogP contribution is 2.29. The summed E-state index contributed by atoms with van der Waals surface area (Å²) in [4.78, 5) is 38.5. The molecule has 1 unspecified atom stereocenters. The second-order valence-corrected chi connectivity index (χ2v) is 11.0. The maximum atomic E-state index is 13.1. The van der Waals surface area contributed by atoms with Crippen LogP contribution in [0.3, 0.4) is 0 Å². The number of hydrogen-bond acceptors (Lipinski definition) is 8. The van der Waals surface area contributed by atoms with Gasteiger partial charge < -0.3 is 18.9 Å². The summed E-state index contributed by atoms with van der Waals surface area (Å²) in [5.41, 5.74) is 2.32. The molecule has 4 aromatic rings. The van der Waals surface area contributed by atoms with Crippen molar-refractivity contribution in [2.24, 2.45) is 5.92 Å². The first-order chi connectivity index (χ1) is 22.9. The number of benzene rings is 4. The number of ether oxygens (including phenoxy) is 4. The largest absolute Gasteiger partial charge is 0.497 e. The van der Waals surface area contributed by atoms with Crippen molar-refractivity contribution in [1.82, 2.24) is 0 Å². The van der Waals surface area contributed by atoms with E-state index in [0.717, 1.165) is 36.5 Å². The second-order valence-electron chi connectivity index (χ2n) is 11.0. The van der Waals surface area contributed by atoms with Gasteiger partial charge in [-0.3, -0.25) is 0 Å². The third-order valence-corrected chi connectivity index (χ3v) is 7.86. The number of hydrogen-bond donors (Lipinski definition) is 0. The second kappa shape index (κ2) is 17.3. The highest BCUT2D eigenvalue weighted by Gasteiger charge is 2.21. The van der Waals surface area contributed by atoms with Crippen LogP contribution < -0.4 is 4.74 Å². The fraction of sp³-hybridized carbons (Fsp3) is 0.282. The highest BCUT2D eigenvalue weighted by atomic mass is 16.6. The van der Waals surface area contributed by atoms with Gasteiger partial charge in [-0.25, -0.2) is 14.4 Å². The standard InChI is InChI=1S/C39H39NO7/c1-4-6-10-27(5-2)26-47-38(42)33-16-14-30-23-32(15-13-31(30)24-33)37(41)45-21-22-46-39(43)35(25-40)36(28-11-8-7-9-12-28)29-17-19-34(44-3)20-18-29/h7-9,11-20,23-24,27H,4-6,10,21-22,26H2,1-3H3/b36-35+. The molecule has 0 saturated heterocycles. The van der Waals surface area contributed by atoms with E-state index in [-0.39, 0.29) is 24.8 Å². The zero-order chi connectivity index (χ0) is 33.6. The Bertz CT molecular complexity index is 1750. The number of carbonyl (C=O) groups excluding carboxylic acids is 3. The molecule has 0 heterocycles. The van der Waals surface area contributed by atoms with E-state index in [1.54, 1.807) is 79.9 Å². The fourth-order valence-corrected chi connectivity index (χ4v) is 5.12. The summed E-state index contributed by atoms with van der Waals surface area (Å²) in [7, 11) is 1.56. The van der Waals surface area contributed by atoms with Gasteiger partial charge >= 0.3 is 17.9 Å². The molecule has 0 aliphatic heterocycles. The molecular formula is C39H39NO7. The van der Waals surface area contributed by atoms with E-state index in [4.69, 9.17) is 18.9 Å². The van der Waals surface area contributed by atoms with Gasteiger partial charge in [-0.2, -0.15) is 5.26 Å². The molecule has 4 aromatic carbocycles. The Morgan fingerprint density at radius 3 is 1.87 bits per heavy atom. The van der Waals surface area contributed by atoms with Gasteiger partial charge in [0.15, 0.2) is 0 Å². The average Bonchev–Trinajstić information content (AvgIpc) is 3.12. The summed E-state index contributed by atoms with van der Waals surface area (Å²) in [5, 5.41) is 11.5. The van der Waals surface area contributed by atoms with Crippen molar-refractivity contribution < 1.29 is 33.3 Å². The maximum absolute atomic E-state index is 13.1. The molecule has 0 bridgehead atoms. The number of fused-ring (bicyclic) bond motifs is 1. The lowest BCUT2D eigenvalue weighted by Crippen LogP contribution is -2.16. The summed E-state index contributed by atoms with van der Waals surface area (Å²) in [6.07, 6.45) is 4.23. The number of nitrogens with zero attached hydrogens (tertiary/aromatic N) is 1. The van der Waals surface area contributed by atoms with Crippen molar-refractivity contribution in [2.45, 2.75) is 39.5 Å². The number of rotatable bonds is 15. The molecule has 1 atom stereocenters. The van der Waals surface area contributed by atoms with Gasteiger partial charge in [0.05, 0.1) is 24.8 Å². The smallest absolute Gasteiger partial charge is 0.349 e. The van der Waals surface area contributed by atoms with Crippen LogP contribution in [0.1, 0.15) is 71.4 Å². The van der Waals surface area contributed by atoms with Crippen LogP contribution in [-0.2, 0) is 19.0 Å². The normalized spacial score (nSPS) is 12.0. The molecule has 0 radical (unpaired) electrons. The molecule has 0 aliphatic carbocycles. The first kappa shape index (κ1) is 34.5. The molecule has 47 heavy (non-hydrogen) atoms. The minimum atomic E-state index is -0.829. The summed E-state index contributed by atoms with van der Waals surface area (Å²) in [6.45, 7) is 4.21. The Morgan fingerprint density at radius 2 is 1.30 bits per heavy atom. The Balaban J connectivity index is 1.36. The highest BCUT2D eigenvalue weighted by molar-refractivity contribution is 6.05. The van der Waals surface area contributed by atoms with Crippen LogP contribution >= 0.6 is 0 Å². The Labute approximate surface area is 275 Å².